The quantitative estimate of drug-likeness (QED) is 0.856. The first-order valence-corrected chi connectivity index (χ1v) is 8.77. The Morgan fingerprint density at radius 1 is 1.38 bits per heavy atom. The van der Waals surface area contributed by atoms with Gasteiger partial charge in [-0.25, -0.2) is 0 Å². The molecule has 0 spiro atoms. The summed E-state index contributed by atoms with van der Waals surface area (Å²) >= 11 is 5.97. The number of benzene rings is 1. The second-order valence-electron chi connectivity index (χ2n) is 6.67. The summed E-state index contributed by atoms with van der Waals surface area (Å²) in [6.07, 6.45) is 3.22. The number of nitrogens with zero attached hydrogens (tertiary/aromatic N) is 1. The molecule has 0 bridgehead atoms. The van der Waals surface area contributed by atoms with Crippen molar-refractivity contribution >= 4 is 23.4 Å². The maximum absolute atomic E-state index is 12.7. The monoisotopic (exact) mass is 350 g/mol. The summed E-state index contributed by atoms with van der Waals surface area (Å²) in [5, 5.41) is 3.90. The lowest BCUT2D eigenvalue weighted by Gasteiger charge is -2.43. The van der Waals surface area contributed by atoms with Crippen LogP contribution in [0.25, 0.3) is 0 Å². The highest BCUT2D eigenvalue weighted by Crippen LogP contribution is 2.42. The Kier molecular flexibility index (Phi) is 5.11. The van der Waals surface area contributed by atoms with Gasteiger partial charge in [-0.2, -0.15) is 0 Å². The summed E-state index contributed by atoms with van der Waals surface area (Å²) in [4.78, 5) is 26.5. The predicted molar refractivity (Wildman–Crippen MR) is 91.7 cm³/mol. The van der Waals surface area contributed by atoms with Gasteiger partial charge in [0.1, 0.15) is 0 Å². The summed E-state index contributed by atoms with van der Waals surface area (Å²) in [6, 6.07) is 7.67. The molecule has 1 N–H and O–H groups in total. The van der Waals surface area contributed by atoms with E-state index in [1.54, 1.807) is 12.0 Å². The molecule has 0 radical (unpaired) electrons. The number of halogens is 1. The summed E-state index contributed by atoms with van der Waals surface area (Å²) in [5.41, 5.74) is 0.789. The van der Waals surface area contributed by atoms with Crippen LogP contribution in [0.1, 0.15) is 31.2 Å². The van der Waals surface area contributed by atoms with E-state index in [1.807, 2.05) is 24.3 Å². The van der Waals surface area contributed by atoms with E-state index in [2.05, 4.69) is 5.32 Å². The summed E-state index contributed by atoms with van der Waals surface area (Å²) in [7, 11) is 1.61. The van der Waals surface area contributed by atoms with Crippen LogP contribution in [0, 0.1) is 5.92 Å². The molecule has 5 nitrogen and oxygen atoms in total. The molecule has 1 saturated heterocycles. The topological polar surface area (TPSA) is 58.6 Å². The Labute approximate surface area is 147 Å². The third-order valence-corrected chi connectivity index (χ3v) is 5.37. The van der Waals surface area contributed by atoms with Crippen LogP contribution in [0.4, 0.5) is 0 Å². The van der Waals surface area contributed by atoms with Crippen molar-refractivity contribution in [3.05, 3.63) is 34.9 Å². The Bertz CT molecular complexity index is 613. The summed E-state index contributed by atoms with van der Waals surface area (Å²) < 4.78 is 5.02. The number of nitrogens with one attached hydrogen (secondary N) is 1. The van der Waals surface area contributed by atoms with Gasteiger partial charge in [-0.15, -0.1) is 0 Å². The van der Waals surface area contributed by atoms with E-state index in [1.165, 1.54) is 0 Å². The minimum absolute atomic E-state index is 0.0290. The number of hydrogen-bond donors (Lipinski definition) is 1. The maximum atomic E-state index is 12.7. The predicted octanol–water partition coefficient (Wildman–Crippen LogP) is 2.33. The van der Waals surface area contributed by atoms with E-state index in [9.17, 15) is 9.59 Å². The molecule has 1 atom stereocenters. The first kappa shape index (κ1) is 17.2. The molecule has 1 aliphatic carbocycles. The van der Waals surface area contributed by atoms with Gasteiger partial charge in [-0.3, -0.25) is 9.59 Å². The minimum atomic E-state index is -0.301. The third kappa shape index (κ3) is 3.42. The van der Waals surface area contributed by atoms with E-state index in [0.29, 0.717) is 24.7 Å². The normalized spacial score (nSPS) is 22.3. The summed E-state index contributed by atoms with van der Waals surface area (Å²) in [5.74, 6) is -0.279. The van der Waals surface area contributed by atoms with Crippen LogP contribution in [0.15, 0.2) is 24.3 Å². The number of methoxy groups -OCH3 is 1. The van der Waals surface area contributed by atoms with Crippen LogP contribution in [-0.2, 0) is 19.9 Å². The van der Waals surface area contributed by atoms with Gasteiger partial charge in [-0.05, 0) is 37.0 Å². The van der Waals surface area contributed by atoms with E-state index in [-0.39, 0.29) is 29.7 Å². The largest absolute Gasteiger partial charge is 0.383 e. The van der Waals surface area contributed by atoms with Gasteiger partial charge < -0.3 is 15.0 Å². The minimum Gasteiger partial charge on any atom is -0.383 e. The molecule has 2 fully saturated rings. The van der Waals surface area contributed by atoms with Gasteiger partial charge in [0.2, 0.25) is 11.8 Å². The smallest absolute Gasteiger partial charge is 0.226 e. The van der Waals surface area contributed by atoms with Crippen LogP contribution in [-0.4, -0.2) is 43.5 Å². The van der Waals surface area contributed by atoms with Gasteiger partial charge in [0.05, 0.1) is 18.1 Å². The average molecular weight is 351 g/mol. The van der Waals surface area contributed by atoms with Crippen molar-refractivity contribution in [1.29, 1.82) is 0 Å². The number of carbonyl (C=O) groups excluding carboxylic acids is 2. The Hall–Kier alpha value is -1.59. The lowest BCUT2D eigenvalue weighted by Crippen LogP contribution is -2.52. The first-order chi connectivity index (χ1) is 11.5. The van der Waals surface area contributed by atoms with Crippen LogP contribution < -0.4 is 5.32 Å². The fourth-order valence-corrected chi connectivity index (χ4v) is 3.61. The van der Waals surface area contributed by atoms with Crippen molar-refractivity contribution in [2.75, 3.05) is 26.8 Å². The fourth-order valence-electron chi connectivity index (χ4n) is 3.49. The Balaban J connectivity index is 1.65. The second kappa shape index (κ2) is 7.11. The van der Waals surface area contributed by atoms with Crippen molar-refractivity contribution in [2.24, 2.45) is 5.92 Å². The second-order valence-corrected chi connectivity index (χ2v) is 7.10. The van der Waals surface area contributed by atoms with Gasteiger partial charge in [0, 0.05) is 31.6 Å². The molecule has 1 heterocycles. The number of ether oxygens (including phenoxy) is 1. The van der Waals surface area contributed by atoms with Crippen LogP contribution >= 0.6 is 11.6 Å². The van der Waals surface area contributed by atoms with E-state index in [4.69, 9.17) is 16.3 Å². The number of hydrogen-bond acceptors (Lipinski definition) is 3. The molecule has 2 amide bonds. The molecule has 2 aliphatic rings. The number of rotatable bonds is 6. The zero-order valence-electron chi connectivity index (χ0n) is 13.9. The fraction of sp³-hybridized carbons (Fsp3) is 0.556. The van der Waals surface area contributed by atoms with E-state index >= 15 is 0 Å². The standard InChI is InChI=1S/C18H23ClN2O3/c1-24-10-9-21-12-13(11-16(21)22)17(23)20-18(7-2-8-18)14-3-5-15(19)6-4-14/h3-6,13H,2,7-12H2,1H3,(H,20,23). The van der Waals surface area contributed by atoms with Crippen molar-refractivity contribution in [1.82, 2.24) is 10.2 Å². The van der Waals surface area contributed by atoms with Gasteiger partial charge in [0.15, 0.2) is 0 Å². The Morgan fingerprint density at radius 2 is 2.08 bits per heavy atom. The van der Waals surface area contributed by atoms with Gasteiger partial charge in [-0.1, -0.05) is 23.7 Å². The lowest BCUT2D eigenvalue weighted by atomic mass is 9.71. The molecule has 3 rings (SSSR count). The van der Waals surface area contributed by atoms with E-state index < -0.39 is 0 Å². The number of likely N-dealkylation sites (tertiary alicyclic amines) is 1. The highest BCUT2D eigenvalue weighted by Gasteiger charge is 2.43. The highest BCUT2D eigenvalue weighted by molar-refractivity contribution is 6.30. The van der Waals surface area contributed by atoms with Crippen molar-refractivity contribution in [3.63, 3.8) is 0 Å². The lowest BCUT2D eigenvalue weighted by molar-refractivity contribution is -0.130. The van der Waals surface area contributed by atoms with Crippen LogP contribution in [0.5, 0.6) is 0 Å². The molecule has 1 aromatic carbocycles. The summed E-state index contributed by atoms with van der Waals surface area (Å²) in [6.45, 7) is 1.51. The maximum Gasteiger partial charge on any atom is 0.226 e. The molecule has 0 aromatic heterocycles. The van der Waals surface area contributed by atoms with Gasteiger partial charge in [0.25, 0.3) is 0 Å². The first-order valence-electron chi connectivity index (χ1n) is 8.39. The average Bonchev–Trinajstić information content (AvgIpc) is 2.91. The number of amides is 2. The van der Waals surface area contributed by atoms with Crippen molar-refractivity contribution < 1.29 is 14.3 Å². The van der Waals surface area contributed by atoms with Crippen molar-refractivity contribution in [2.45, 2.75) is 31.2 Å². The molecule has 1 saturated carbocycles. The third-order valence-electron chi connectivity index (χ3n) is 5.12. The zero-order chi connectivity index (χ0) is 17.2. The molecule has 130 valence electrons. The SMILES string of the molecule is COCCN1CC(C(=O)NC2(c3ccc(Cl)cc3)CCC2)CC1=O. The Morgan fingerprint density at radius 3 is 2.67 bits per heavy atom. The molecule has 24 heavy (non-hydrogen) atoms. The van der Waals surface area contributed by atoms with Crippen molar-refractivity contribution in [3.8, 4) is 0 Å². The molecular formula is C18H23ClN2O3. The van der Waals surface area contributed by atoms with Gasteiger partial charge >= 0.3 is 0 Å². The molecule has 1 unspecified atom stereocenters. The van der Waals surface area contributed by atoms with E-state index in [0.717, 1.165) is 24.8 Å². The number of carbonyl (C=O) groups is 2. The molecule has 6 heteroatoms. The highest BCUT2D eigenvalue weighted by atomic mass is 35.5. The molecule has 1 aliphatic heterocycles. The van der Waals surface area contributed by atoms with Crippen LogP contribution in [0.3, 0.4) is 0 Å². The zero-order valence-corrected chi connectivity index (χ0v) is 14.6. The van der Waals surface area contributed by atoms with Crippen LogP contribution in [0.2, 0.25) is 5.02 Å². The molecular weight excluding hydrogens is 328 g/mol. The molecule has 1 aromatic rings.